The van der Waals surface area contributed by atoms with Crippen molar-refractivity contribution in [3.05, 3.63) is 21.9 Å². The summed E-state index contributed by atoms with van der Waals surface area (Å²) in [5, 5.41) is 11.2. The fraction of sp³-hybridized carbons (Fsp3) is 0.444. The van der Waals surface area contributed by atoms with Gasteiger partial charge in [-0.05, 0) is 23.9 Å². The first-order valence-electron chi connectivity index (χ1n) is 3.87. The molecule has 0 aromatic carbocycles. The van der Waals surface area contributed by atoms with Crippen molar-refractivity contribution in [2.45, 2.75) is 25.9 Å². The highest BCUT2D eigenvalue weighted by atomic mass is 32.1. The Hall–Kier alpha value is -0.670. The van der Waals surface area contributed by atoms with Gasteiger partial charge in [0.05, 0.1) is 6.10 Å². The van der Waals surface area contributed by atoms with Crippen LogP contribution in [0.4, 0.5) is 0 Å². The Morgan fingerprint density at radius 1 is 1.58 bits per heavy atom. The molecule has 1 rings (SSSR count). The van der Waals surface area contributed by atoms with Crippen LogP contribution in [0.15, 0.2) is 11.4 Å². The number of aldehydes is 1. The molecule has 66 valence electrons. The first-order chi connectivity index (χ1) is 5.66. The van der Waals surface area contributed by atoms with Gasteiger partial charge in [0.1, 0.15) is 6.29 Å². The van der Waals surface area contributed by atoms with Crippen molar-refractivity contribution in [3.63, 3.8) is 0 Å². The van der Waals surface area contributed by atoms with Gasteiger partial charge < -0.3 is 9.90 Å². The molecule has 2 atom stereocenters. The van der Waals surface area contributed by atoms with Crippen LogP contribution in [-0.4, -0.2) is 11.4 Å². The van der Waals surface area contributed by atoms with Gasteiger partial charge >= 0.3 is 0 Å². The number of aliphatic hydroxyl groups excluding tert-OH is 1. The van der Waals surface area contributed by atoms with Gasteiger partial charge in [0, 0.05) is 10.8 Å². The Morgan fingerprint density at radius 3 is 2.75 bits per heavy atom. The second-order valence-electron chi connectivity index (χ2n) is 2.84. The first-order valence-corrected chi connectivity index (χ1v) is 4.75. The number of aliphatic hydroxyl groups is 1. The van der Waals surface area contributed by atoms with Crippen molar-refractivity contribution in [2.75, 3.05) is 0 Å². The van der Waals surface area contributed by atoms with Gasteiger partial charge in [0.15, 0.2) is 0 Å². The van der Waals surface area contributed by atoms with Crippen LogP contribution in [0.3, 0.4) is 0 Å². The van der Waals surface area contributed by atoms with E-state index in [1.165, 1.54) is 11.3 Å². The van der Waals surface area contributed by atoms with Crippen molar-refractivity contribution in [1.29, 1.82) is 0 Å². The normalized spacial score (nSPS) is 15.6. The molecular formula is C9H12O2S. The monoisotopic (exact) mass is 184 g/mol. The molecule has 0 saturated carbocycles. The van der Waals surface area contributed by atoms with Crippen molar-refractivity contribution < 1.29 is 9.90 Å². The molecule has 0 aliphatic heterocycles. The average Bonchev–Trinajstić information content (AvgIpc) is 2.50. The van der Waals surface area contributed by atoms with E-state index in [0.717, 1.165) is 16.7 Å². The molecular weight excluding hydrogens is 172 g/mol. The van der Waals surface area contributed by atoms with E-state index in [2.05, 4.69) is 0 Å². The predicted molar refractivity (Wildman–Crippen MR) is 49.4 cm³/mol. The van der Waals surface area contributed by atoms with Crippen LogP contribution in [0, 0.1) is 0 Å². The Kier molecular flexibility index (Phi) is 3.00. The van der Waals surface area contributed by atoms with E-state index in [1.807, 2.05) is 18.4 Å². The fourth-order valence-electron chi connectivity index (χ4n) is 1.11. The van der Waals surface area contributed by atoms with Crippen LogP contribution >= 0.6 is 11.3 Å². The third-order valence-corrected chi connectivity index (χ3v) is 2.93. The maximum absolute atomic E-state index is 10.5. The molecule has 0 spiro atoms. The number of carbonyl (C=O) groups excluding carboxylic acids is 1. The molecule has 0 amide bonds. The summed E-state index contributed by atoms with van der Waals surface area (Å²) < 4.78 is 0. The van der Waals surface area contributed by atoms with Gasteiger partial charge in [-0.2, -0.15) is 0 Å². The highest BCUT2D eigenvalue weighted by molar-refractivity contribution is 7.10. The molecule has 0 bridgehead atoms. The van der Waals surface area contributed by atoms with Crippen LogP contribution in [0.1, 0.15) is 36.3 Å². The van der Waals surface area contributed by atoms with Crippen LogP contribution in [0.2, 0.25) is 0 Å². The van der Waals surface area contributed by atoms with Gasteiger partial charge in [0.25, 0.3) is 0 Å². The van der Waals surface area contributed by atoms with Crippen LogP contribution in [-0.2, 0) is 4.79 Å². The van der Waals surface area contributed by atoms with E-state index in [9.17, 15) is 9.90 Å². The lowest BCUT2D eigenvalue weighted by Gasteiger charge is -2.07. The maximum Gasteiger partial charge on any atom is 0.128 e. The minimum absolute atomic E-state index is 0.102. The van der Waals surface area contributed by atoms with E-state index in [4.69, 9.17) is 0 Å². The molecule has 2 nitrogen and oxygen atoms in total. The van der Waals surface area contributed by atoms with Gasteiger partial charge in [-0.15, -0.1) is 11.3 Å². The average molecular weight is 184 g/mol. The lowest BCUT2D eigenvalue weighted by atomic mass is 10.0. The van der Waals surface area contributed by atoms with Gasteiger partial charge in [-0.3, -0.25) is 0 Å². The molecule has 1 aromatic rings. The molecule has 1 heterocycles. The zero-order valence-electron chi connectivity index (χ0n) is 7.15. The van der Waals surface area contributed by atoms with E-state index in [0.29, 0.717) is 0 Å². The van der Waals surface area contributed by atoms with Gasteiger partial charge in [-0.25, -0.2) is 0 Å². The molecule has 0 radical (unpaired) electrons. The number of thiophene rings is 1. The van der Waals surface area contributed by atoms with E-state index < -0.39 is 6.10 Å². The van der Waals surface area contributed by atoms with E-state index >= 15 is 0 Å². The zero-order valence-corrected chi connectivity index (χ0v) is 7.97. The fourth-order valence-corrected chi connectivity index (χ4v) is 2.11. The smallest absolute Gasteiger partial charge is 0.128 e. The molecule has 3 heteroatoms. The number of rotatable bonds is 3. The standard InChI is InChI=1S/C9H12O2S/c1-6(5-10)9-8(7(2)11)3-4-12-9/h3-7,11H,1-2H3. The van der Waals surface area contributed by atoms with E-state index in [1.54, 1.807) is 6.92 Å². The van der Waals surface area contributed by atoms with Crippen molar-refractivity contribution in [3.8, 4) is 0 Å². The Labute approximate surface area is 75.9 Å². The number of carbonyl (C=O) groups is 1. The maximum atomic E-state index is 10.5. The Morgan fingerprint density at radius 2 is 2.25 bits per heavy atom. The quantitative estimate of drug-likeness (QED) is 0.730. The predicted octanol–water partition coefficient (Wildman–Crippen LogP) is 2.10. The molecule has 1 N–H and O–H groups in total. The minimum Gasteiger partial charge on any atom is -0.389 e. The van der Waals surface area contributed by atoms with Crippen LogP contribution in [0.5, 0.6) is 0 Å². The molecule has 0 aliphatic carbocycles. The Balaban J connectivity index is 2.98. The third kappa shape index (κ3) is 1.73. The van der Waals surface area contributed by atoms with Gasteiger partial charge in [0.2, 0.25) is 0 Å². The Bertz CT molecular complexity index is 265. The lowest BCUT2D eigenvalue weighted by Crippen LogP contribution is -1.98. The summed E-state index contributed by atoms with van der Waals surface area (Å²) in [4.78, 5) is 11.5. The molecule has 2 unspecified atom stereocenters. The summed E-state index contributed by atoms with van der Waals surface area (Å²) in [6, 6.07) is 1.87. The molecule has 1 aromatic heterocycles. The second kappa shape index (κ2) is 3.83. The lowest BCUT2D eigenvalue weighted by molar-refractivity contribution is -0.108. The first kappa shape index (κ1) is 9.42. The highest BCUT2D eigenvalue weighted by Crippen LogP contribution is 2.28. The van der Waals surface area contributed by atoms with Crippen LogP contribution in [0.25, 0.3) is 0 Å². The summed E-state index contributed by atoms with van der Waals surface area (Å²) in [5.41, 5.74) is 0.875. The minimum atomic E-state index is -0.478. The summed E-state index contributed by atoms with van der Waals surface area (Å²) in [7, 11) is 0. The van der Waals surface area contributed by atoms with Crippen molar-refractivity contribution in [1.82, 2.24) is 0 Å². The number of hydrogen-bond donors (Lipinski definition) is 1. The van der Waals surface area contributed by atoms with Crippen molar-refractivity contribution in [2.24, 2.45) is 0 Å². The molecule has 0 saturated heterocycles. The van der Waals surface area contributed by atoms with Gasteiger partial charge in [-0.1, -0.05) is 6.92 Å². The summed E-state index contributed by atoms with van der Waals surface area (Å²) in [6.45, 7) is 3.55. The zero-order chi connectivity index (χ0) is 9.14. The highest BCUT2D eigenvalue weighted by Gasteiger charge is 2.14. The SMILES string of the molecule is CC(O)c1ccsc1C(C)C=O. The largest absolute Gasteiger partial charge is 0.389 e. The topological polar surface area (TPSA) is 37.3 Å². The summed E-state index contributed by atoms with van der Waals surface area (Å²) in [6.07, 6.45) is 0.422. The summed E-state index contributed by atoms with van der Waals surface area (Å²) in [5.74, 6) is -0.102. The molecule has 0 fully saturated rings. The second-order valence-corrected chi connectivity index (χ2v) is 3.79. The van der Waals surface area contributed by atoms with Crippen molar-refractivity contribution >= 4 is 17.6 Å². The van der Waals surface area contributed by atoms with E-state index in [-0.39, 0.29) is 5.92 Å². The molecule has 0 aliphatic rings. The summed E-state index contributed by atoms with van der Waals surface area (Å²) >= 11 is 1.52. The molecule has 12 heavy (non-hydrogen) atoms. The third-order valence-electron chi connectivity index (χ3n) is 1.79. The van der Waals surface area contributed by atoms with Crippen LogP contribution < -0.4 is 0 Å². The number of hydrogen-bond acceptors (Lipinski definition) is 3.